The molecule has 0 saturated heterocycles. The number of rotatable bonds is 8. The van der Waals surface area contributed by atoms with E-state index in [4.69, 9.17) is 4.74 Å². The number of methoxy groups -OCH3 is 1. The second-order valence-corrected chi connectivity index (χ2v) is 6.93. The van der Waals surface area contributed by atoms with Crippen molar-refractivity contribution in [2.75, 3.05) is 25.5 Å². The summed E-state index contributed by atoms with van der Waals surface area (Å²) in [7, 11) is 1.57. The van der Waals surface area contributed by atoms with E-state index in [0.29, 0.717) is 35.9 Å². The molecule has 1 aromatic carbocycles. The van der Waals surface area contributed by atoms with Crippen LogP contribution >= 0.6 is 0 Å². The standard InChI is InChI=1S/C22H26N4O3/c1-4-11-25(15-20(27)24-18-9-5-6-10-19(18)29-3)14-17-13-21(28)26-12-7-8-16(2)22(26)23-17/h5-10,12-13H,4,11,14-15H2,1-3H3,(H,24,27). The number of anilines is 1. The minimum Gasteiger partial charge on any atom is -0.495 e. The number of carbonyl (C=O) groups excluding carboxylic acids is 1. The maximum Gasteiger partial charge on any atom is 0.258 e. The number of hydrogen-bond acceptors (Lipinski definition) is 5. The molecule has 7 heteroatoms. The summed E-state index contributed by atoms with van der Waals surface area (Å²) in [6.07, 6.45) is 2.60. The van der Waals surface area contributed by atoms with Gasteiger partial charge in [-0.2, -0.15) is 0 Å². The average molecular weight is 394 g/mol. The van der Waals surface area contributed by atoms with E-state index in [1.54, 1.807) is 25.4 Å². The molecular formula is C22H26N4O3. The van der Waals surface area contributed by atoms with Crippen LogP contribution in [-0.2, 0) is 11.3 Å². The predicted octanol–water partition coefficient (Wildman–Crippen LogP) is 2.86. The van der Waals surface area contributed by atoms with Gasteiger partial charge in [-0.1, -0.05) is 25.1 Å². The number of hydrogen-bond donors (Lipinski definition) is 1. The number of para-hydroxylation sites is 2. The lowest BCUT2D eigenvalue weighted by molar-refractivity contribution is -0.117. The van der Waals surface area contributed by atoms with Crippen molar-refractivity contribution in [3.05, 3.63) is 70.3 Å². The first kappa shape index (κ1) is 20.5. The average Bonchev–Trinajstić information content (AvgIpc) is 2.69. The van der Waals surface area contributed by atoms with Crippen LogP contribution < -0.4 is 15.6 Å². The molecule has 0 spiro atoms. The third-order valence-electron chi connectivity index (χ3n) is 4.61. The van der Waals surface area contributed by atoms with E-state index in [9.17, 15) is 9.59 Å². The van der Waals surface area contributed by atoms with E-state index in [2.05, 4.69) is 17.2 Å². The smallest absolute Gasteiger partial charge is 0.258 e. The van der Waals surface area contributed by atoms with E-state index in [0.717, 1.165) is 12.0 Å². The molecule has 3 rings (SSSR count). The third-order valence-corrected chi connectivity index (χ3v) is 4.61. The Hall–Kier alpha value is -3.19. The van der Waals surface area contributed by atoms with Crippen LogP contribution in [-0.4, -0.2) is 40.4 Å². The van der Waals surface area contributed by atoms with Crippen molar-refractivity contribution in [3.63, 3.8) is 0 Å². The minimum atomic E-state index is -0.142. The Labute approximate surface area is 170 Å². The molecule has 1 amide bonds. The highest BCUT2D eigenvalue weighted by molar-refractivity contribution is 5.93. The van der Waals surface area contributed by atoms with Gasteiger partial charge in [0.05, 0.1) is 25.0 Å². The van der Waals surface area contributed by atoms with Crippen molar-refractivity contribution >= 4 is 17.2 Å². The zero-order valence-corrected chi connectivity index (χ0v) is 17.0. The Morgan fingerprint density at radius 3 is 2.79 bits per heavy atom. The molecule has 0 aliphatic heterocycles. The normalized spacial score (nSPS) is 11.0. The predicted molar refractivity (Wildman–Crippen MR) is 113 cm³/mol. The zero-order chi connectivity index (χ0) is 20.8. The van der Waals surface area contributed by atoms with Gasteiger partial charge in [0.2, 0.25) is 5.91 Å². The number of aryl methyl sites for hydroxylation is 1. The fraction of sp³-hybridized carbons (Fsp3) is 0.318. The summed E-state index contributed by atoms with van der Waals surface area (Å²) >= 11 is 0. The number of benzene rings is 1. The van der Waals surface area contributed by atoms with E-state index in [1.165, 1.54) is 10.5 Å². The molecule has 2 heterocycles. The van der Waals surface area contributed by atoms with Crippen molar-refractivity contribution in [2.45, 2.75) is 26.8 Å². The molecule has 29 heavy (non-hydrogen) atoms. The molecule has 0 saturated carbocycles. The molecule has 0 atom stereocenters. The molecule has 0 fully saturated rings. The number of pyridine rings is 1. The molecule has 1 N–H and O–H groups in total. The van der Waals surface area contributed by atoms with Gasteiger partial charge in [-0.15, -0.1) is 0 Å². The highest BCUT2D eigenvalue weighted by atomic mass is 16.5. The van der Waals surface area contributed by atoms with Crippen molar-refractivity contribution in [2.24, 2.45) is 0 Å². The van der Waals surface area contributed by atoms with Crippen LogP contribution in [0.2, 0.25) is 0 Å². The van der Waals surface area contributed by atoms with E-state index in [1.807, 2.05) is 36.1 Å². The Bertz CT molecular complexity index is 1060. The Morgan fingerprint density at radius 1 is 1.24 bits per heavy atom. The number of ether oxygens (including phenoxy) is 1. The van der Waals surface area contributed by atoms with Gasteiger partial charge in [0.25, 0.3) is 5.56 Å². The van der Waals surface area contributed by atoms with Gasteiger partial charge in [-0.25, -0.2) is 4.98 Å². The minimum absolute atomic E-state index is 0.122. The van der Waals surface area contributed by atoms with Crippen LogP contribution in [0.15, 0.2) is 53.5 Å². The fourth-order valence-corrected chi connectivity index (χ4v) is 3.29. The number of carbonyl (C=O) groups is 1. The first-order valence-electron chi connectivity index (χ1n) is 9.65. The topological polar surface area (TPSA) is 75.9 Å². The number of fused-ring (bicyclic) bond motifs is 1. The van der Waals surface area contributed by atoms with Crippen molar-refractivity contribution in [1.82, 2.24) is 14.3 Å². The third kappa shape index (κ3) is 5.00. The number of amides is 1. The molecule has 0 aliphatic carbocycles. The van der Waals surface area contributed by atoms with Crippen molar-refractivity contribution < 1.29 is 9.53 Å². The summed E-state index contributed by atoms with van der Waals surface area (Å²) in [5.41, 5.74) is 2.74. The fourth-order valence-electron chi connectivity index (χ4n) is 3.29. The lowest BCUT2D eigenvalue weighted by Crippen LogP contribution is -2.34. The van der Waals surface area contributed by atoms with Crippen molar-refractivity contribution in [3.8, 4) is 5.75 Å². The van der Waals surface area contributed by atoms with Crippen LogP contribution in [0, 0.1) is 6.92 Å². The summed E-state index contributed by atoms with van der Waals surface area (Å²) in [4.78, 5) is 31.7. The molecule has 0 unspecified atom stereocenters. The zero-order valence-electron chi connectivity index (χ0n) is 17.0. The number of nitrogens with one attached hydrogen (secondary N) is 1. The van der Waals surface area contributed by atoms with E-state index in [-0.39, 0.29) is 18.0 Å². The molecule has 2 aromatic heterocycles. The summed E-state index contributed by atoms with van der Waals surface area (Å²) in [5, 5.41) is 2.89. The molecular weight excluding hydrogens is 368 g/mol. The largest absolute Gasteiger partial charge is 0.495 e. The Balaban J connectivity index is 1.76. The molecule has 0 radical (unpaired) electrons. The van der Waals surface area contributed by atoms with Gasteiger partial charge >= 0.3 is 0 Å². The summed E-state index contributed by atoms with van der Waals surface area (Å²) in [6, 6.07) is 12.6. The maximum absolute atomic E-state index is 12.6. The monoisotopic (exact) mass is 394 g/mol. The Kier molecular flexibility index (Phi) is 6.61. The van der Waals surface area contributed by atoms with Gasteiger partial charge in [0.1, 0.15) is 11.4 Å². The van der Waals surface area contributed by atoms with Crippen LogP contribution in [0.5, 0.6) is 5.75 Å². The summed E-state index contributed by atoms with van der Waals surface area (Å²) in [5.74, 6) is 0.472. The lowest BCUT2D eigenvalue weighted by Gasteiger charge is -2.21. The molecule has 0 aliphatic rings. The molecule has 3 aromatic rings. The van der Waals surface area contributed by atoms with Gasteiger partial charge in [0, 0.05) is 18.8 Å². The van der Waals surface area contributed by atoms with E-state index < -0.39 is 0 Å². The summed E-state index contributed by atoms with van der Waals surface area (Å²) < 4.78 is 6.82. The van der Waals surface area contributed by atoms with Crippen LogP contribution in [0.25, 0.3) is 5.65 Å². The number of nitrogens with zero attached hydrogens (tertiary/aromatic N) is 3. The maximum atomic E-state index is 12.6. The SMILES string of the molecule is CCCN(CC(=O)Nc1ccccc1OC)Cc1cc(=O)n2cccc(C)c2n1. The summed E-state index contributed by atoms with van der Waals surface area (Å²) in [6.45, 7) is 5.32. The van der Waals surface area contributed by atoms with E-state index >= 15 is 0 Å². The second-order valence-electron chi connectivity index (χ2n) is 6.93. The first-order chi connectivity index (χ1) is 14.0. The van der Waals surface area contributed by atoms with Gasteiger partial charge in [0.15, 0.2) is 0 Å². The highest BCUT2D eigenvalue weighted by Crippen LogP contribution is 2.22. The number of aromatic nitrogens is 2. The van der Waals surface area contributed by atoms with Crippen LogP contribution in [0.1, 0.15) is 24.6 Å². The van der Waals surface area contributed by atoms with Crippen LogP contribution in [0.4, 0.5) is 5.69 Å². The van der Waals surface area contributed by atoms with Crippen molar-refractivity contribution in [1.29, 1.82) is 0 Å². The quantitative estimate of drug-likeness (QED) is 0.636. The Morgan fingerprint density at radius 2 is 2.03 bits per heavy atom. The second kappa shape index (κ2) is 9.34. The lowest BCUT2D eigenvalue weighted by atomic mass is 10.2. The highest BCUT2D eigenvalue weighted by Gasteiger charge is 2.14. The molecule has 7 nitrogen and oxygen atoms in total. The van der Waals surface area contributed by atoms with Gasteiger partial charge < -0.3 is 10.1 Å². The molecule has 152 valence electrons. The molecule has 0 bridgehead atoms. The van der Waals surface area contributed by atoms with Gasteiger partial charge in [-0.3, -0.25) is 18.9 Å². The van der Waals surface area contributed by atoms with Crippen LogP contribution in [0.3, 0.4) is 0 Å². The van der Waals surface area contributed by atoms with Gasteiger partial charge in [-0.05, 0) is 43.7 Å². The first-order valence-corrected chi connectivity index (χ1v) is 9.65.